The molecule has 0 radical (unpaired) electrons. The fraction of sp³-hybridized carbons (Fsp3) is 0.238. The smallest absolute Gasteiger partial charge is 0.293 e. The number of nitrogens with zero attached hydrogens (tertiary/aromatic N) is 2. The van der Waals surface area contributed by atoms with E-state index >= 15 is 0 Å². The van der Waals surface area contributed by atoms with Crippen molar-refractivity contribution in [2.45, 2.75) is 32.4 Å². The summed E-state index contributed by atoms with van der Waals surface area (Å²) in [6.07, 6.45) is 4.28. The summed E-state index contributed by atoms with van der Waals surface area (Å²) in [6, 6.07) is 17.5. The molecule has 1 heterocycles. The summed E-state index contributed by atoms with van der Waals surface area (Å²) in [6.45, 7) is 2.53. The van der Waals surface area contributed by atoms with E-state index in [1.54, 1.807) is 17.0 Å². The summed E-state index contributed by atoms with van der Waals surface area (Å²) in [4.78, 5) is 16.3. The number of aryl methyl sites for hydroxylation is 2. The van der Waals surface area contributed by atoms with Crippen LogP contribution in [0.1, 0.15) is 30.6 Å². The Bertz CT molecular complexity index is 889. The molecule has 0 bridgehead atoms. The summed E-state index contributed by atoms with van der Waals surface area (Å²) in [7, 11) is 0. The number of hydrogen-bond donors (Lipinski definition) is 2. The van der Waals surface area contributed by atoms with Crippen molar-refractivity contribution in [1.29, 1.82) is 0 Å². The Morgan fingerprint density at radius 1 is 1.12 bits per heavy atom. The van der Waals surface area contributed by atoms with Gasteiger partial charge in [-0.25, -0.2) is 4.98 Å². The SMILES string of the molecule is CCn1ccnc(Nc2ccc(CCC(O)c3ccccc3)cc2)c1=O. The molecule has 0 aliphatic carbocycles. The first-order chi connectivity index (χ1) is 12.7. The van der Waals surface area contributed by atoms with Gasteiger partial charge in [0.15, 0.2) is 5.82 Å². The van der Waals surface area contributed by atoms with Crippen molar-refractivity contribution in [3.8, 4) is 0 Å². The number of rotatable bonds is 7. The van der Waals surface area contributed by atoms with Gasteiger partial charge >= 0.3 is 0 Å². The van der Waals surface area contributed by atoms with Crippen molar-refractivity contribution in [3.05, 3.63) is 88.5 Å². The molecule has 3 aromatic rings. The average molecular weight is 349 g/mol. The van der Waals surface area contributed by atoms with Gasteiger partial charge < -0.3 is 15.0 Å². The van der Waals surface area contributed by atoms with Crippen LogP contribution in [0.15, 0.2) is 71.8 Å². The second kappa shape index (κ2) is 8.45. The quantitative estimate of drug-likeness (QED) is 0.683. The molecule has 0 aliphatic heterocycles. The standard InChI is InChI=1S/C21H23N3O2/c1-2-24-15-14-22-20(21(24)26)23-18-11-8-16(9-12-18)10-13-19(25)17-6-4-3-5-7-17/h3-9,11-12,14-15,19,25H,2,10,13H2,1H3,(H,22,23). The fourth-order valence-electron chi connectivity index (χ4n) is 2.82. The topological polar surface area (TPSA) is 67.2 Å². The predicted octanol–water partition coefficient (Wildman–Crippen LogP) is 3.67. The number of hydrogen-bond acceptors (Lipinski definition) is 4. The van der Waals surface area contributed by atoms with Gasteiger partial charge in [0.25, 0.3) is 5.56 Å². The number of aromatic nitrogens is 2. The van der Waals surface area contributed by atoms with Gasteiger partial charge in [-0.3, -0.25) is 4.79 Å². The van der Waals surface area contributed by atoms with Crippen molar-refractivity contribution in [2.75, 3.05) is 5.32 Å². The molecule has 3 rings (SSSR count). The van der Waals surface area contributed by atoms with E-state index in [2.05, 4.69) is 10.3 Å². The molecular weight excluding hydrogens is 326 g/mol. The van der Waals surface area contributed by atoms with Crippen LogP contribution in [0.5, 0.6) is 0 Å². The normalized spacial score (nSPS) is 11.9. The van der Waals surface area contributed by atoms with Crippen molar-refractivity contribution in [3.63, 3.8) is 0 Å². The van der Waals surface area contributed by atoms with Crippen molar-refractivity contribution >= 4 is 11.5 Å². The summed E-state index contributed by atoms with van der Waals surface area (Å²) in [5, 5.41) is 13.3. The van der Waals surface area contributed by atoms with E-state index in [1.807, 2.05) is 61.5 Å². The average Bonchev–Trinajstić information content (AvgIpc) is 2.69. The minimum atomic E-state index is -0.463. The molecule has 0 fully saturated rings. The van der Waals surface area contributed by atoms with Gasteiger partial charge in [0.1, 0.15) is 0 Å². The fourth-order valence-corrected chi connectivity index (χ4v) is 2.82. The highest BCUT2D eigenvalue weighted by Gasteiger charge is 2.08. The van der Waals surface area contributed by atoms with E-state index in [1.165, 1.54) is 0 Å². The Morgan fingerprint density at radius 3 is 2.54 bits per heavy atom. The molecule has 1 unspecified atom stereocenters. The van der Waals surface area contributed by atoms with Crippen molar-refractivity contribution in [1.82, 2.24) is 9.55 Å². The molecule has 2 N–H and O–H groups in total. The summed E-state index contributed by atoms with van der Waals surface area (Å²) < 4.78 is 1.61. The van der Waals surface area contributed by atoms with E-state index in [4.69, 9.17) is 0 Å². The van der Waals surface area contributed by atoms with Crippen LogP contribution in [0.4, 0.5) is 11.5 Å². The Kier molecular flexibility index (Phi) is 5.81. The Balaban J connectivity index is 1.61. The monoisotopic (exact) mass is 349 g/mol. The van der Waals surface area contributed by atoms with Gasteiger partial charge in [-0.1, -0.05) is 42.5 Å². The minimum absolute atomic E-state index is 0.134. The Hall–Kier alpha value is -2.92. The molecule has 5 nitrogen and oxygen atoms in total. The zero-order valence-corrected chi connectivity index (χ0v) is 14.8. The summed E-state index contributed by atoms with van der Waals surface area (Å²) >= 11 is 0. The van der Waals surface area contributed by atoms with Crippen LogP contribution in [0.2, 0.25) is 0 Å². The minimum Gasteiger partial charge on any atom is -0.388 e. The number of anilines is 2. The molecular formula is C21H23N3O2. The van der Waals surface area contributed by atoms with E-state index in [0.717, 1.165) is 23.2 Å². The van der Waals surface area contributed by atoms with Gasteiger partial charge in [-0.05, 0) is 43.0 Å². The van der Waals surface area contributed by atoms with Crippen LogP contribution in [0.3, 0.4) is 0 Å². The summed E-state index contributed by atoms with van der Waals surface area (Å²) in [5.74, 6) is 0.321. The first kappa shape index (κ1) is 17.9. The van der Waals surface area contributed by atoms with Crippen LogP contribution in [0, 0.1) is 0 Å². The highest BCUT2D eigenvalue weighted by Crippen LogP contribution is 2.20. The van der Waals surface area contributed by atoms with Gasteiger partial charge in [-0.2, -0.15) is 0 Å². The van der Waals surface area contributed by atoms with E-state index in [0.29, 0.717) is 18.8 Å². The second-order valence-electron chi connectivity index (χ2n) is 6.15. The molecule has 0 amide bonds. The van der Waals surface area contributed by atoms with E-state index < -0.39 is 6.10 Å². The first-order valence-corrected chi connectivity index (χ1v) is 8.82. The van der Waals surface area contributed by atoms with Crippen LogP contribution in [0.25, 0.3) is 0 Å². The molecule has 0 saturated heterocycles. The highest BCUT2D eigenvalue weighted by atomic mass is 16.3. The largest absolute Gasteiger partial charge is 0.388 e. The lowest BCUT2D eigenvalue weighted by atomic mass is 10.0. The Morgan fingerprint density at radius 2 is 1.85 bits per heavy atom. The third kappa shape index (κ3) is 4.37. The van der Waals surface area contributed by atoms with Crippen LogP contribution < -0.4 is 10.9 Å². The molecule has 5 heteroatoms. The number of nitrogens with one attached hydrogen (secondary N) is 1. The van der Waals surface area contributed by atoms with Crippen molar-refractivity contribution < 1.29 is 5.11 Å². The molecule has 0 aliphatic rings. The van der Waals surface area contributed by atoms with Gasteiger partial charge in [0.05, 0.1) is 6.10 Å². The van der Waals surface area contributed by atoms with Gasteiger partial charge in [0.2, 0.25) is 0 Å². The van der Waals surface area contributed by atoms with Crippen LogP contribution in [-0.2, 0) is 13.0 Å². The zero-order valence-electron chi connectivity index (χ0n) is 14.8. The maximum Gasteiger partial charge on any atom is 0.293 e. The lowest BCUT2D eigenvalue weighted by Crippen LogP contribution is -2.22. The third-order valence-electron chi connectivity index (χ3n) is 4.36. The van der Waals surface area contributed by atoms with E-state index in [-0.39, 0.29) is 5.56 Å². The van der Waals surface area contributed by atoms with Crippen LogP contribution >= 0.6 is 0 Å². The lowest BCUT2D eigenvalue weighted by molar-refractivity contribution is 0.168. The predicted molar refractivity (Wildman–Crippen MR) is 104 cm³/mol. The molecule has 1 atom stereocenters. The molecule has 134 valence electrons. The Labute approximate surface area is 153 Å². The third-order valence-corrected chi connectivity index (χ3v) is 4.36. The molecule has 1 aromatic heterocycles. The first-order valence-electron chi connectivity index (χ1n) is 8.82. The van der Waals surface area contributed by atoms with Gasteiger partial charge in [-0.15, -0.1) is 0 Å². The van der Waals surface area contributed by atoms with Crippen molar-refractivity contribution in [2.24, 2.45) is 0 Å². The van der Waals surface area contributed by atoms with Gasteiger partial charge in [0, 0.05) is 24.6 Å². The maximum absolute atomic E-state index is 12.2. The maximum atomic E-state index is 12.2. The summed E-state index contributed by atoms with van der Waals surface area (Å²) in [5.41, 5.74) is 2.76. The number of aliphatic hydroxyl groups is 1. The van der Waals surface area contributed by atoms with E-state index in [9.17, 15) is 9.90 Å². The molecule has 2 aromatic carbocycles. The lowest BCUT2D eigenvalue weighted by Gasteiger charge is -2.11. The molecule has 0 spiro atoms. The number of benzene rings is 2. The highest BCUT2D eigenvalue weighted by molar-refractivity contribution is 5.55. The zero-order chi connectivity index (χ0) is 18.4. The second-order valence-corrected chi connectivity index (χ2v) is 6.15. The molecule has 0 saturated carbocycles. The molecule has 26 heavy (non-hydrogen) atoms. The van der Waals surface area contributed by atoms with Crippen LogP contribution in [-0.4, -0.2) is 14.7 Å². The number of aliphatic hydroxyl groups excluding tert-OH is 1.